The number of aromatic nitrogens is 1. The van der Waals surface area contributed by atoms with Crippen molar-refractivity contribution < 1.29 is 46.3 Å². The third-order valence-electron chi connectivity index (χ3n) is 8.66. The molecular weight excluding hydrogens is 684 g/mol. The molecule has 49 heavy (non-hydrogen) atoms. The van der Waals surface area contributed by atoms with Crippen LogP contribution < -0.4 is 26.4 Å². The van der Waals surface area contributed by atoms with Crippen LogP contribution in [0.25, 0.3) is 0 Å². The molecule has 2 amide bonds. The number of amidine groups is 1. The molecule has 4 heterocycles. The summed E-state index contributed by atoms with van der Waals surface area (Å²) in [5.74, 6) is -2.75. The highest BCUT2D eigenvalue weighted by atomic mass is 32.3. The van der Waals surface area contributed by atoms with Gasteiger partial charge in [-0.2, -0.15) is 13.5 Å². The van der Waals surface area contributed by atoms with Crippen LogP contribution in [-0.2, 0) is 40.3 Å². The quantitative estimate of drug-likeness (QED) is 0.0550. The van der Waals surface area contributed by atoms with E-state index in [-0.39, 0.29) is 29.1 Å². The van der Waals surface area contributed by atoms with E-state index in [0.717, 1.165) is 49.3 Å². The van der Waals surface area contributed by atoms with Gasteiger partial charge in [0.05, 0.1) is 5.54 Å². The number of carboxylic acid groups (broad SMARTS) is 1. The second kappa shape index (κ2) is 13.9. The van der Waals surface area contributed by atoms with E-state index < -0.39 is 57.2 Å². The zero-order valence-electron chi connectivity index (χ0n) is 26.9. The first-order valence-electron chi connectivity index (χ1n) is 15.4. The SMILES string of the molecule is CC1(C)[C@H](NC(=O)/C(=N\O[C@](C)(C(=O)O)[C@H]2CCc3cc(C(=N)N[C@@H]4CCCCNC4)ccc3O2)c2csc(N)n2)C(=O)N1OS(=O)(=O)O. The van der Waals surface area contributed by atoms with Crippen LogP contribution in [0.1, 0.15) is 63.3 Å². The summed E-state index contributed by atoms with van der Waals surface area (Å²) in [6, 6.07) is 4.04. The fraction of sp³-hybridized carbons (Fsp3) is 0.517. The van der Waals surface area contributed by atoms with Crippen molar-refractivity contribution in [3.8, 4) is 5.75 Å². The van der Waals surface area contributed by atoms with Crippen LogP contribution in [0, 0.1) is 5.41 Å². The lowest BCUT2D eigenvalue weighted by Crippen LogP contribution is -2.76. The van der Waals surface area contributed by atoms with Crippen molar-refractivity contribution in [2.75, 3.05) is 18.8 Å². The Kier molecular flexibility index (Phi) is 10.2. The maximum Gasteiger partial charge on any atom is 0.418 e. The number of hydrogen-bond donors (Lipinski definition) is 7. The minimum absolute atomic E-state index is 0.0602. The molecule has 2 fully saturated rings. The Balaban J connectivity index is 1.32. The van der Waals surface area contributed by atoms with Gasteiger partial charge < -0.3 is 36.4 Å². The largest absolute Gasteiger partial charge is 0.485 e. The Hall–Kier alpha value is -4.37. The minimum Gasteiger partial charge on any atom is -0.485 e. The Morgan fingerprint density at radius 3 is 2.69 bits per heavy atom. The molecule has 0 bridgehead atoms. The van der Waals surface area contributed by atoms with Crippen LogP contribution in [-0.4, -0.2) is 99.9 Å². The summed E-state index contributed by atoms with van der Waals surface area (Å²) in [5, 5.41) is 33.6. The van der Waals surface area contributed by atoms with Gasteiger partial charge in [0.1, 0.15) is 23.3 Å². The van der Waals surface area contributed by atoms with E-state index in [9.17, 15) is 27.9 Å². The van der Waals surface area contributed by atoms with Crippen molar-refractivity contribution in [2.24, 2.45) is 5.16 Å². The van der Waals surface area contributed by atoms with Crippen molar-refractivity contribution in [1.82, 2.24) is 26.0 Å². The number of aryl methyl sites for hydroxylation is 1. The number of β-lactam (4-membered cyclic amide) rings is 1. The second-order valence-corrected chi connectivity index (χ2v) is 14.5. The summed E-state index contributed by atoms with van der Waals surface area (Å²) in [6.07, 6.45) is 2.66. The summed E-state index contributed by atoms with van der Waals surface area (Å²) in [6.45, 7) is 5.72. The number of benzene rings is 1. The minimum atomic E-state index is -5.03. The predicted molar refractivity (Wildman–Crippen MR) is 175 cm³/mol. The number of carbonyl (C=O) groups is 3. The summed E-state index contributed by atoms with van der Waals surface area (Å²) in [4.78, 5) is 48.4. The van der Waals surface area contributed by atoms with E-state index >= 15 is 0 Å². The second-order valence-electron chi connectivity index (χ2n) is 12.6. The van der Waals surface area contributed by atoms with Gasteiger partial charge in [0, 0.05) is 23.5 Å². The number of thiazole rings is 1. The molecule has 1 aromatic heterocycles. The maximum atomic E-state index is 13.5. The number of hydrogen-bond acceptors (Lipinski definition) is 14. The Morgan fingerprint density at radius 2 is 2.04 bits per heavy atom. The van der Waals surface area contributed by atoms with Gasteiger partial charge in [-0.25, -0.2) is 9.78 Å². The number of nitrogens with two attached hydrogens (primary N) is 1. The molecule has 0 aliphatic carbocycles. The molecule has 3 aliphatic heterocycles. The smallest absolute Gasteiger partial charge is 0.418 e. The molecule has 8 N–H and O–H groups in total. The van der Waals surface area contributed by atoms with Gasteiger partial charge in [0.2, 0.25) is 0 Å². The molecule has 2 aromatic rings. The monoisotopic (exact) mass is 722 g/mol. The number of nitrogens with zero attached hydrogens (tertiary/aromatic N) is 3. The Bertz CT molecular complexity index is 1770. The standard InChI is InChI=1S/C29H38N8O10S2/c1-28(2)22(25(39)37(28)47-49(42,43)44)35-24(38)21(18-14-48-27(31)34-18)36-46-29(3,26(40)41)20-10-8-15-12-16(7-9-19(15)45-20)23(30)33-17-6-4-5-11-32-13-17/h7,9,12,14,17,20,22,32H,4-6,8,10-11,13H2,1-3H3,(H2,30,33)(H2,31,34)(H,35,38)(H,40,41)(H,42,43,44)/b36-21-/t17-,20-,22-,29+/m1/s1. The molecule has 0 unspecified atom stereocenters. The van der Waals surface area contributed by atoms with Gasteiger partial charge in [-0.3, -0.25) is 19.6 Å². The first-order chi connectivity index (χ1) is 23.0. The number of carbonyl (C=O) groups excluding carboxylic acids is 2. The number of nitrogens with one attached hydrogen (secondary N) is 4. The molecule has 4 atom stereocenters. The molecule has 18 nitrogen and oxygen atoms in total. The molecule has 3 aliphatic rings. The van der Waals surface area contributed by atoms with Gasteiger partial charge in [-0.1, -0.05) is 11.6 Å². The number of anilines is 1. The molecule has 266 valence electrons. The van der Waals surface area contributed by atoms with Gasteiger partial charge in [0.25, 0.3) is 17.4 Å². The third-order valence-corrected chi connectivity index (χ3v) is 9.67. The predicted octanol–water partition coefficient (Wildman–Crippen LogP) is 0.580. The van der Waals surface area contributed by atoms with E-state index in [1.165, 1.54) is 26.2 Å². The molecule has 1 aromatic carbocycles. The number of fused-ring (bicyclic) bond motifs is 1. The van der Waals surface area contributed by atoms with E-state index in [1.54, 1.807) is 12.1 Å². The fourth-order valence-corrected chi connectivity index (χ4v) is 6.76. The van der Waals surface area contributed by atoms with Gasteiger partial charge in [-0.05, 0) is 76.8 Å². The molecule has 5 rings (SSSR count). The highest BCUT2D eigenvalue weighted by Gasteiger charge is 2.58. The Labute approximate surface area is 285 Å². The van der Waals surface area contributed by atoms with Crippen LogP contribution >= 0.6 is 11.3 Å². The van der Waals surface area contributed by atoms with E-state index in [2.05, 4.69) is 30.4 Å². The van der Waals surface area contributed by atoms with Crippen LogP contribution in [0.2, 0.25) is 0 Å². The number of oxime groups is 1. The average molecular weight is 723 g/mol. The van der Waals surface area contributed by atoms with Crippen molar-refractivity contribution in [1.29, 1.82) is 5.41 Å². The lowest BCUT2D eigenvalue weighted by atomic mass is 9.84. The first kappa shape index (κ1) is 35.9. The van der Waals surface area contributed by atoms with Gasteiger partial charge >= 0.3 is 16.4 Å². The molecule has 20 heteroatoms. The van der Waals surface area contributed by atoms with Gasteiger partial charge in [0.15, 0.2) is 16.9 Å². The van der Waals surface area contributed by atoms with Crippen molar-refractivity contribution >= 4 is 56.2 Å². The number of hydroxylamine groups is 2. The number of aliphatic carboxylic acids is 1. The van der Waals surface area contributed by atoms with E-state index in [1.807, 2.05) is 6.07 Å². The summed E-state index contributed by atoms with van der Waals surface area (Å²) >= 11 is 0.966. The van der Waals surface area contributed by atoms with Crippen LogP contribution in [0.4, 0.5) is 5.13 Å². The normalized spacial score (nSPS) is 23.5. The summed E-state index contributed by atoms with van der Waals surface area (Å²) in [5.41, 5.74) is 3.07. The lowest BCUT2D eigenvalue weighted by Gasteiger charge is -2.50. The van der Waals surface area contributed by atoms with E-state index in [0.29, 0.717) is 22.8 Å². The highest BCUT2D eigenvalue weighted by molar-refractivity contribution is 7.80. The fourth-order valence-electron chi connectivity index (χ4n) is 5.76. The number of carboxylic acids is 1. The number of nitrogen functional groups attached to an aromatic ring is 1. The zero-order chi connectivity index (χ0) is 35.7. The zero-order valence-corrected chi connectivity index (χ0v) is 28.5. The topological polar surface area (TPSA) is 268 Å². The van der Waals surface area contributed by atoms with Gasteiger partial charge in [-0.15, -0.1) is 15.6 Å². The van der Waals surface area contributed by atoms with Crippen LogP contribution in [0.3, 0.4) is 0 Å². The average Bonchev–Trinajstić information content (AvgIpc) is 3.30. The van der Waals surface area contributed by atoms with E-state index in [4.69, 9.17) is 25.3 Å². The number of ether oxygens (including phenoxy) is 1. The number of amides is 2. The summed E-state index contributed by atoms with van der Waals surface area (Å²) in [7, 11) is -5.03. The molecular formula is C29H38N8O10S2. The number of rotatable bonds is 11. The molecule has 0 saturated carbocycles. The molecule has 2 saturated heterocycles. The van der Waals surface area contributed by atoms with Crippen LogP contribution in [0.15, 0.2) is 28.7 Å². The highest BCUT2D eigenvalue weighted by Crippen LogP contribution is 2.35. The molecule has 0 spiro atoms. The first-order valence-corrected chi connectivity index (χ1v) is 17.6. The van der Waals surface area contributed by atoms with Crippen molar-refractivity contribution in [2.45, 2.75) is 82.2 Å². The maximum absolute atomic E-state index is 13.5. The lowest BCUT2D eigenvalue weighted by molar-refractivity contribution is -0.218. The van der Waals surface area contributed by atoms with Crippen molar-refractivity contribution in [3.05, 3.63) is 40.4 Å². The third kappa shape index (κ3) is 7.77. The molecule has 0 radical (unpaired) electrons. The van der Waals surface area contributed by atoms with Crippen molar-refractivity contribution in [3.63, 3.8) is 0 Å². The summed E-state index contributed by atoms with van der Waals surface area (Å²) < 4.78 is 41.8. The Morgan fingerprint density at radius 1 is 1.29 bits per heavy atom. The van der Waals surface area contributed by atoms with Crippen LogP contribution in [0.5, 0.6) is 5.75 Å².